The molecule has 4 aromatic heterocycles. The molecule has 4 aromatic carbocycles. The zero-order chi connectivity index (χ0) is 28.5. The predicted molar refractivity (Wildman–Crippen MR) is 164 cm³/mol. The van der Waals surface area contributed by atoms with E-state index in [1.165, 1.54) is 12.1 Å². The van der Waals surface area contributed by atoms with Crippen molar-refractivity contribution in [1.29, 1.82) is 0 Å². The SMILES string of the molecule is Cc1cnc2nc(-c3[c-]ccc4c3oc3cc(F)ccc34)n(-c3ccccc3)c2c1.[Ir].[c-]1ccccc1-c1ccccn1. The number of imidazole rings is 1. The van der Waals surface area contributed by atoms with Gasteiger partial charge in [-0.3, -0.25) is 4.98 Å². The summed E-state index contributed by atoms with van der Waals surface area (Å²) in [5.41, 5.74) is 7.42. The van der Waals surface area contributed by atoms with E-state index in [9.17, 15) is 4.39 Å². The van der Waals surface area contributed by atoms with E-state index in [1.807, 2.05) is 98.0 Å². The Hall–Kier alpha value is -4.97. The molecule has 0 saturated carbocycles. The number of pyridine rings is 2. The first-order valence-corrected chi connectivity index (χ1v) is 13.5. The Morgan fingerprint density at radius 3 is 2.42 bits per heavy atom. The Labute approximate surface area is 261 Å². The van der Waals surface area contributed by atoms with Gasteiger partial charge in [0.15, 0.2) is 5.65 Å². The molecule has 4 heterocycles. The molecule has 0 fully saturated rings. The van der Waals surface area contributed by atoms with Gasteiger partial charge >= 0.3 is 0 Å². The topological polar surface area (TPSA) is 56.7 Å². The molecule has 0 aliphatic rings. The monoisotopic (exact) mass is 739 g/mol. The minimum atomic E-state index is -0.330. The van der Waals surface area contributed by atoms with Gasteiger partial charge in [0, 0.05) is 49.6 Å². The molecule has 7 heteroatoms. The van der Waals surface area contributed by atoms with Crippen LogP contribution in [0.1, 0.15) is 5.56 Å². The molecule has 0 N–H and O–H groups in total. The third kappa shape index (κ3) is 5.48. The van der Waals surface area contributed by atoms with Crippen molar-refractivity contribution >= 4 is 33.1 Å². The largest absolute Gasteiger partial charge is 0.500 e. The van der Waals surface area contributed by atoms with E-state index in [2.05, 4.69) is 32.7 Å². The summed E-state index contributed by atoms with van der Waals surface area (Å²) < 4.78 is 21.9. The summed E-state index contributed by atoms with van der Waals surface area (Å²) in [5.74, 6) is 0.350. The van der Waals surface area contributed by atoms with Gasteiger partial charge in [-0.1, -0.05) is 41.3 Å². The Bertz CT molecular complexity index is 2120. The molecule has 0 saturated heterocycles. The zero-order valence-corrected chi connectivity index (χ0v) is 25.4. The maximum Gasteiger partial charge on any atom is 0.168 e. The molecule has 0 spiro atoms. The Morgan fingerprint density at radius 1 is 0.791 bits per heavy atom. The summed E-state index contributed by atoms with van der Waals surface area (Å²) in [6.45, 7) is 2.01. The first kappa shape index (κ1) is 28.2. The third-order valence-corrected chi connectivity index (χ3v) is 6.93. The van der Waals surface area contributed by atoms with Crippen molar-refractivity contribution in [2.45, 2.75) is 6.92 Å². The van der Waals surface area contributed by atoms with E-state index in [0.717, 1.165) is 38.8 Å². The van der Waals surface area contributed by atoms with Crippen molar-refractivity contribution < 1.29 is 28.9 Å². The van der Waals surface area contributed by atoms with Gasteiger partial charge in [-0.15, -0.1) is 54.1 Å². The van der Waals surface area contributed by atoms with Crippen LogP contribution >= 0.6 is 0 Å². The summed E-state index contributed by atoms with van der Waals surface area (Å²) in [6.07, 6.45) is 3.60. The van der Waals surface area contributed by atoms with E-state index in [4.69, 9.17) is 9.40 Å². The molecule has 0 aliphatic carbocycles. The second kappa shape index (κ2) is 12.1. The first-order valence-electron chi connectivity index (χ1n) is 13.5. The molecule has 43 heavy (non-hydrogen) atoms. The summed E-state index contributed by atoms with van der Waals surface area (Å²) >= 11 is 0. The minimum absolute atomic E-state index is 0. The molecule has 5 nitrogen and oxygen atoms in total. The molecule has 0 bridgehead atoms. The Balaban J connectivity index is 0.000000213. The van der Waals surface area contributed by atoms with Gasteiger partial charge in [0.1, 0.15) is 11.4 Å². The van der Waals surface area contributed by atoms with Crippen LogP contribution in [0.25, 0.3) is 61.4 Å². The van der Waals surface area contributed by atoms with E-state index in [1.54, 1.807) is 12.3 Å². The number of aromatic nitrogens is 4. The van der Waals surface area contributed by atoms with Crippen molar-refractivity contribution in [1.82, 2.24) is 19.5 Å². The molecule has 8 rings (SSSR count). The smallest absolute Gasteiger partial charge is 0.168 e. The fourth-order valence-corrected chi connectivity index (χ4v) is 5.02. The minimum Gasteiger partial charge on any atom is -0.500 e. The quantitative estimate of drug-likeness (QED) is 0.170. The zero-order valence-electron chi connectivity index (χ0n) is 23.0. The number of halogens is 1. The van der Waals surface area contributed by atoms with Gasteiger partial charge in [-0.05, 0) is 54.6 Å². The summed E-state index contributed by atoms with van der Waals surface area (Å²) in [5, 5.41) is 1.76. The Morgan fingerprint density at radius 2 is 1.63 bits per heavy atom. The van der Waals surface area contributed by atoms with E-state index in [0.29, 0.717) is 28.2 Å². The number of benzene rings is 4. The fraction of sp³-hybridized carbons (Fsp3) is 0.0278. The second-order valence-electron chi connectivity index (χ2n) is 9.79. The summed E-state index contributed by atoms with van der Waals surface area (Å²) in [4.78, 5) is 13.6. The van der Waals surface area contributed by atoms with Gasteiger partial charge in [-0.2, -0.15) is 0 Å². The van der Waals surface area contributed by atoms with Crippen molar-refractivity contribution in [2.75, 3.05) is 0 Å². The van der Waals surface area contributed by atoms with Crippen molar-refractivity contribution in [3.05, 3.63) is 145 Å². The van der Waals surface area contributed by atoms with E-state index in [-0.39, 0.29) is 25.9 Å². The normalized spacial score (nSPS) is 10.8. The Kier molecular flexibility index (Phi) is 7.92. The van der Waals surface area contributed by atoms with Crippen LogP contribution in [0.5, 0.6) is 0 Å². The van der Waals surface area contributed by atoms with Crippen LogP contribution in [-0.4, -0.2) is 19.5 Å². The van der Waals surface area contributed by atoms with Gasteiger partial charge in [-0.25, -0.2) is 9.37 Å². The molecular formula is C36H23FIrN4O-2. The van der Waals surface area contributed by atoms with Crippen molar-refractivity contribution in [2.24, 2.45) is 0 Å². The molecular weight excluding hydrogens is 716 g/mol. The number of nitrogens with zero attached hydrogens (tertiary/aromatic N) is 4. The van der Waals surface area contributed by atoms with Gasteiger partial charge in [0.25, 0.3) is 0 Å². The first-order chi connectivity index (χ1) is 20.7. The molecule has 0 aliphatic heterocycles. The maximum absolute atomic E-state index is 13.8. The number of aryl methyl sites for hydroxylation is 1. The average molecular weight is 739 g/mol. The number of para-hydroxylation sites is 1. The van der Waals surface area contributed by atoms with E-state index >= 15 is 0 Å². The third-order valence-electron chi connectivity index (χ3n) is 6.93. The second-order valence-corrected chi connectivity index (χ2v) is 9.79. The number of furan rings is 1. The maximum atomic E-state index is 13.8. The standard InChI is InChI=1S/C25H15FN3O.C11H8N.Ir/c1-15-12-21-24(27-14-15)28-25(29(21)17-6-3-2-4-7-17)20-9-5-8-19-18-11-10-16(26)13-22(18)30-23(19)20;1-2-6-10(7-3-1)11-8-4-5-9-12-11;/h2-8,10-14H,1H3;1-6,8-9H;/q2*-1;. The van der Waals surface area contributed by atoms with Crippen LogP contribution in [-0.2, 0) is 20.1 Å². The predicted octanol–water partition coefficient (Wildman–Crippen LogP) is 8.78. The molecule has 0 atom stereocenters. The van der Waals surface area contributed by atoms with E-state index < -0.39 is 0 Å². The summed E-state index contributed by atoms with van der Waals surface area (Å²) in [6, 6.07) is 40.6. The number of hydrogen-bond donors (Lipinski definition) is 0. The number of hydrogen-bond acceptors (Lipinski definition) is 4. The van der Waals surface area contributed by atoms with Crippen molar-refractivity contribution in [3.8, 4) is 28.3 Å². The van der Waals surface area contributed by atoms with Crippen LogP contribution < -0.4 is 0 Å². The molecule has 1 radical (unpaired) electrons. The van der Waals surface area contributed by atoms with Gasteiger partial charge in [0.05, 0.1) is 16.9 Å². The number of rotatable bonds is 3. The van der Waals surface area contributed by atoms with Crippen LogP contribution in [0, 0.1) is 24.9 Å². The fourth-order valence-electron chi connectivity index (χ4n) is 5.02. The molecule has 8 aromatic rings. The van der Waals surface area contributed by atoms with Crippen LogP contribution in [0.2, 0.25) is 0 Å². The van der Waals surface area contributed by atoms with Crippen molar-refractivity contribution in [3.63, 3.8) is 0 Å². The van der Waals surface area contributed by atoms with Gasteiger partial charge < -0.3 is 14.0 Å². The molecule has 0 unspecified atom stereocenters. The molecule has 0 amide bonds. The number of fused-ring (bicyclic) bond motifs is 4. The van der Waals surface area contributed by atoms with Crippen LogP contribution in [0.15, 0.2) is 126 Å². The molecule has 211 valence electrons. The average Bonchev–Trinajstić information content (AvgIpc) is 3.60. The van der Waals surface area contributed by atoms with Crippen LogP contribution in [0.4, 0.5) is 4.39 Å². The summed E-state index contributed by atoms with van der Waals surface area (Å²) in [7, 11) is 0. The van der Waals surface area contributed by atoms with Crippen LogP contribution in [0.3, 0.4) is 0 Å². The van der Waals surface area contributed by atoms with Gasteiger partial charge in [0.2, 0.25) is 0 Å².